The maximum atomic E-state index is 12.7. The number of amides is 2. The van der Waals surface area contributed by atoms with Gasteiger partial charge in [-0.2, -0.15) is 0 Å². The number of ether oxygens (including phenoxy) is 1. The third kappa shape index (κ3) is 2.35. The van der Waals surface area contributed by atoms with Gasteiger partial charge >= 0.3 is 0 Å². The van der Waals surface area contributed by atoms with E-state index in [-0.39, 0.29) is 11.8 Å². The van der Waals surface area contributed by atoms with Crippen LogP contribution in [0, 0.1) is 0 Å². The smallest absolute Gasteiger partial charge is 0.264 e. The average molecular weight is 309 g/mol. The van der Waals surface area contributed by atoms with Crippen LogP contribution in [0.4, 0.5) is 0 Å². The van der Waals surface area contributed by atoms with Crippen molar-refractivity contribution in [2.24, 2.45) is 0 Å². The zero-order valence-corrected chi connectivity index (χ0v) is 12.7. The highest BCUT2D eigenvalue weighted by Gasteiger charge is 2.44. The van der Waals surface area contributed by atoms with Gasteiger partial charge in [-0.05, 0) is 37.6 Å². The van der Waals surface area contributed by atoms with E-state index in [1.54, 1.807) is 30.9 Å². The second kappa shape index (κ2) is 4.91. The van der Waals surface area contributed by atoms with E-state index in [0.29, 0.717) is 30.3 Å². The molecule has 1 unspecified atom stereocenters. The standard InChI is InChI=1S/C15H17ClN2O3/c1-15(2)14(20)17-5-6-18(15)13(19)12-8-9-7-10(16)3-4-11(9)21-12/h3-4,7,12H,5-6,8H2,1-2H3,(H,17,20). The van der Waals surface area contributed by atoms with Crippen LogP contribution in [0.2, 0.25) is 5.02 Å². The van der Waals surface area contributed by atoms with E-state index in [4.69, 9.17) is 16.3 Å². The number of benzene rings is 1. The number of halogens is 1. The normalized spacial score (nSPS) is 23.3. The zero-order chi connectivity index (χ0) is 15.2. The van der Waals surface area contributed by atoms with Gasteiger partial charge in [-0.15, -0.1) is 0 Å². The van der Waals surface area contributed by atoms with Crippen LogP contribution in [0.5, 0.6) is 5.75 Å². The number of hydrogen-bond donors (Lipinski definition) is 1. The van der Waals surface area contributed by atoms with Gasteiger partial charge in [0.2, 0.25) is 5.91 Å². The van der Waals surface area contributed by atoms with Gasteiger partial charge in [0.05, 0.1) is 0 Å². The van der Waals surface area contributed by atoms with E-state index < -0.39 is 11.6 Å². The SMILES string of the molecule is CC1(C)C(=O)NCCN1C(=O)C1Cc2cc(Cl)ccc2O1. The largest absolute Gasteiger partial charge is 0.480 e. The quantitative estimate of drug-likeness (QED) is 0.853. The molecule has 2 amide bonds. The van der Waals surface area contributed by atoms with E-state index in [1.165, 1.54) is 0 Å². The second-order valence-electron chi connectivity index (χ2n) is 5.87. The molecule has 21 heavy (non-hydrogen) atoms. The number of nitrogens with one attached hydrogen (secondary N) is 1. The molecule has 1 atom stereocenters. The summed E-state index contributed by atoms with van der Waals surface area (Å²) in [5.74, 6) is 0.403. The fourth-order valence-electron chi connectivity index (χ4n) is 2.81. The van der Waals surface area contributed by atoms with Crippen molar-refractivity contribution in [3.63, 3.8) is 0 Å². The van der Waals surface area contributed by atoms with Gasteiger partial charge in [-0.3, -0.25) is 9.59 Å². The lowest BCUT2D eigenvalue weighted by molar-refractivity contribution is -0.153. The molecule has 0 aliphatic carbocycles. The number of piperazine rings is 1. The highest BCUT2D eigenvalue weighted by atomic mass is 35.5. The van der Waals surface area contributed by atoms with Crippen LogP contribution in [0.1, 0.15) is 19.4 Å². The van der Waals surface area contributed by atoms with Gasteiger partial charge in [-0.1, -0.05) is 11.6 Å². The van der Waals surface area contributed by atoms with Gasteiger partial charge < -0.3 is 15.0 Å². The fourth-order valence-corrected chi connectivity index (χ4v) is 3.01. The summed E-state index contributed by atoms with van der Waals surface area (Å²) in [7, 11) is 0. The first-order valence-electron chi connectivity index (χ1n) is 6.94. The topological polar surface area (TPSA) is 58.6 Å². The van der Waals surface area contributed by atoms with Crippen LogP contribution in [0.3, 0.4) is 0 Å². The average Bonchev–Trinajstić information content (AvgIpc) is 2.84. The predicted octanol–water partition coefficient (Wildman–Crippen LogP) is 1.38. The minimum Gasteiger partial charge on any atom is -0.480 e. The van der Waals surface area contributed by atoms with Gasteiger partial charge in [0.15, 0.2) is 6.10 Å². The Hall–Kier alpha value is -1.75. The molecule has 1 aromatic carbocycles. The lowest BCUT2D eigenvalue weighted by Gasteiger charge is -2.42. The molecular formula is C15H17ClN2O3. The van der Waals surface area contributed by atoms with Crippen LogP contribution in [0.25, 0.3) is 0 Å². The Kier molecular flexibility index (Phi) is 3.32. The van der Waals surface area contributed by atoms with Crippen LogP contribution in [0.15, 0.2) is 18.2 Å². The first-order valence-corrected chi connectivity index (χ1v) is 7.32. The summed E-state index contributed by atoms with van der Waals surface area (Å²) in [5.41, 5.74) is 0.0746. The zero-order valence-electron chi connectivity index (χ0n) is 12.0. The second-order valence-corrected chi connectivity index (χ2v) is 6.30. The van der Waals surface area contributed by atoms with Crippen molar-refractivity contribution in [2.45, 2.75) is 31.9 Å². The van der Waals surface area contributed by atoms with Crippen molar-refractivity contribution in [3.05, 3.63) is 28.8 Å². The Balaban J connectivity index is 1.80. The summed E-state index contributed by atoms with van der Waals surface area (Å²) in [4.78, 5) is 26.2. The number of hydrogen-bond acceptors (Lipinski definition) is 3. The molecule has 2 aliphatic heterocycles. The van der Waals surface area contributed by atoms with E-state index in [1.807, 2.05) is 6.07 Å². The van der Waals surface area contributed by atoms with Gasteiger partial charge in [0.1, 0.15) is 11.3 Å². The Bertz CT molecular complexity index is 615. The molecule has 1 saturated heterocycles. The lowest BCUT2D eigenvalue weighted by Crippen LogP contribution is -2.65. The minimum absolute atomic E-state index is 0.138. The van der Waals surface area contributed by atoms with Crippen molar-refractivity contribution in [3.8, 4) is 5.75 Å². The highest BCUT2D eigenvalue weighted by molar-refractivity contribution is 6.30. The summed E-state index contributed by atoms with van der Waals surface area (Å²) in [6, 6.07) is 5.34. The third-order valence-electron chi connectivity index (χ3n) is 4.09. The number of carbonyl (C=O) groups excluding carboxylic acids is 2. The van der Waals surface area contributed by atoms with Crippen LogP contribution in [-0.4, -0.2) is 41.4 Å². The number of rotatable bonds is 1. The first-order chi connectivity index (χ1) is 9.89. The highest BCUT2D eigenvalue weighted by Crippen LogP contribution is 2.32. The molecule has 112 valence electrons. The molecule has 0 saturated carbocycles. The summed E-state index contributed by atoms with van der Waals surface area (Å²) in [5, 5.41) is 3.41. The van der Waals surface area contributed by atoms with Crippen LogP contribution < -0.4 is 10.1 Å². The molecule has 0 bridgehead atoms. The summed E-state index contributed by atoms with van der Waals surface area (Å²) < 4.78 is 5.72. The van der Waals surface area contributed by atoms with Gasteiger partial charge in [-0.25, -0.2) is 0 Å². The fraction of sp³-hybridized carbons (Fsp3) is 0.467. The minimum atomic E-state index is -0.856. The summed E-state index contributed by atoms with van der Waals surface area (Å²) in [6.07, 6.45) is -0.0909. The molecule has 1 fully saturated rings. The predicted molar refractivity (Wildman–Crippen MR) is 78.4 cm³/mol. The molecule has 0 radical (unpaired) electrons. The monoisotopic (exact) mass is 308 g/mol. The molecule has 6 heteroatoms. The first kappa shape index (κ1) is 14.2. The molecule has 0 aromatic heterocycles. The van der Waals surface area contributed by atoms with Crippen molar-refractivity contribution in [1.29, 1.82) is 0 Å². The van der Waals surface area contributed by atoms with Crippen molar-refractivity contribution >= 4 is 23.4 Å². The Morgan fingerprint density at radius 2 is 2.24 bits per heavy atom. The van der Waals surface area contributed by atoms with Crippen molar-refractivity contribution < 1.29 is 14.3 Å². The van der Waals surface area contributed by atoms with Crippen molar-refractivity contribution in [2.75, 3.05) is 13.1 Å². The van der Waals surface area contributed by atoms with Crippen molar-refractivity contribution in [1.82, 2.24) is 10.2 Å². The summed E-state index contributed by atoms with van der Waals surface area (Å²) >= 11 is 5.96. The maximum Gasteiger partial charge on any atom is 0.264 e. The van der Waals surface area contributed by atoms with Gasteiger partial charge in [0.25, 0.3) is 5.91 Å². The van der Waals surface area contributed by atoms with Crippen LogP contribution in [-0.2, 0) is 16.0 Å². The Morgan fingerprint density at radius 1 is 1.48 bits per heavy atom. The molecule has 2 aliphatic rings. The lowest BCUT2D eigenvalue weighted by atomic mass is 9.97. The maximum absolute atomic E-state index is 12.7. The molecule has 0 spiro atoms. The number of carbonyl (C=O) groups is 2. The van der Waals surface area contributed by atoms with E-state index in [9.17, 15) is 9.59 Å². The number of nitrogens with zero attached hydrogens (tertiary/aromatic N) is 1. The molecule has 1 N–H and O–H groups in total. The van der Waals surface area contributed by atoms with E-state index in [2.05, 4.69) is 5.32 Å². The molecule has 2 heterocycles. The molecule has 5 nitrogen and oxygen atoms in total. The van der Waals surface area contributed by atoms with Gasteiger partial charge in [0, 0.05) is 24.5 Å². The molecular weight excluding hydrogens is 292 g/mol. The van der Waals surface area contributed by atoms with Crippen LogP contribution >= 0.6 is 11.6 Å². The Morgan fingerprint density at radius 3 is 3.00 bits per heavy atom. The summed E-state index contributed by atoms with van der Waals surface area (Å²) in [6.45, 7) is 4.46. The third-order valence-corrected chi connectivity index (χ3v) is 4.33. The van der Waals surface area contributed by atoms with E-state index in [0.717, 1.165) is 5.56 Å². The number of fused-ring (bicyclic) bond motifs is 1. The molecule has 1 aromatic rings. The van der Waals surface area contributed by atoms with E-state index >= 15 is 0 Å². The Labute approximate surface area is 128 Å². The molecule has 3 rings (SSSR count).